The maximum Gasteiger partial charge on any atom is 0.0767 e. The number of rotatable bonds is 6. The van der Waals surface area contributed by atoms with Crippen molar-refractivity contribution in [2.45, 2.75) is 26.0 Å². The highest BCUT2D eigenvalue weighted by Gasteiger charge is 2.12. The Bertz CT molecular complexity index is 341. The van der Waals surface area contributed by atoms with Crippen molar-refractivity contribution in [3.63, 3.8) is 0 Å². The molecule has 0 saturated carbocycles. The van der Waals surface area contributed by atoms with Gasteiger partial charge >= 0.3 is 0 Å². The smallest absolute Gasteiger partial charge is 0.0767 e. The fraction of sp³-hybridized carbons (Fsp3) is 0.727. The Morgan fingerprint density at radius 2 is 2.25 bits per heavy atom. The molecule has 0 bridgehead atoms. The Hall–Kier alpha value is -0.0000000000000000555. The van der Waals surface area contributed by atoms with Crippen LogP contribution >= 0.6 is 27.7 Å². The lowest BCUT2D eigenvalue weighted by Crippen LogP contribution is -2.04. The first-order valence-corrected chi connectivity index (χ1v) is 7.43. The van der Waals surface area contributed by atoms with Crippen molar-refractivity contribution < 1.29 is 5.11 Å². The van der Waals surface area contributed by atoms with Crippen LogP contribution < -0.4 is 0 Å². The van der Waals surface area contributed by atoms with Gasteiger partial charge in [-0.3, -0.25) is 4.68 Å². The molecule has 0 radical (unpaired) electrons. The SMILES string of the molecule is CCc1nn(C)c(CSCC(C)CO)c1Br. The van der Waals surface area contributed by atoms with Crippen molar-refractivity contribution in [2.75, 3.05) is 12.4 Å². The van der Waals surface area contributed by atoms with Gasteiger partial charge in [-0.25, -0.2) is 0 Å². The van der Waals surface area contributed by atoms with E-state index in [0.717, 1.165) is 28.1 Å². The first-order valence-electron chi connectivity index (χ1n) is 5.49. The molecule has 1 atom stereocenters. The average Bonchev–Trinajstić information content (AvgIpc) is 2.55. The van der Waals surface area contributed by atoms with Crippen LogP contribution in [0.3, 0.4) is 0 Å². The number of aryl methyl sites for hydroxylation is 2. The molecule has 1 N–H and O–H groups in total. The molecule has 5 heteroatoms. The van der Waals surface area contributed by atoms with E-state index in [0.29, 0.717) is 5.92 Å². The molecular weight excluding hydrogens is 288 g/mol. The van der Waals surface area contributed by atoms with E-state index in [1.165, 1.54) is 5.69 Å². The van der Waals surface area contributed by atoms with E-state index in [2.05, 4.69) is 34.9 Å². The van der Waals surface area contributed by atoms with Crippen LogP contribution in [0.25, 0.3) is 0 Å². The summed E-state index contributed by atoms with van der Waals surface area (Å²) in [5, 5.41) is 13.4. The molecular formula is C11H19BrN2OS. The van der Waals surface area contributed by atoms with Gasteiger partial charge in [0.25, 0.3) is 0 Å². The van der Waals surface area contributed by atoms with Crippen LogP contribution in [-0.4, -0.2) is 27.2 Å². The number of aromatic nitrogens is 2. The highest BCUT2D eigenvalue weighted by molar-refractivity contribution is 9.10. The first-order chi connectivity index (χ1) is 7.60. The van der Waals surface area contributed by atoms with E-state index in [1.807, 2.05) is 23.5 Å². The third-order valence-corrected chi connectivity index (χ3v) is 4.65. The predicted molar refractivity (Wildman–Crippen MR) is 72.7 cm³/mol. The maximum absolute atomic E-state index is 8.94. The van der Waals surface area contributed by atoms with Crippen LogP contribution in [0, 0.1) is 5.92 Å². The summed E-state index contributed by atoms with van der Waals surface area (Å²) in [4.78, 5) is 0. The molecule has 1 heterocycles. The van der Waals surface area contributed by atoms with Crippen molar-refractivity contribution in [1.82, 2.24) is 9.78 Å². The Morgan fingerprint density at radius 1 is 1.56 bits per heavy atom. The Morgan fingerprint density at radius 3 is 2.75 bits per heavy atom. The van der Waals surface area contributed by atoms with Crippen LogP contribution in [0.1, 0.15) is 25.2 Å². The minimum atomic E-state index is 0.264. The minimum absolute atomic E-state index is 0.264. The van der Waals surface area contributed by atoms with Gasteiger partial charge in [0.05, 0.1) is 15.9 Å². The standard InChI is InChI=1S/C11H19BrN2OS/c1-4-9-11(12)10(14(3)13-9)7-16-6-8(2)5-15/h8,15H,4-7H2,1-3H3. The van der Waals surface area contributed by atoms with E-state index in [-0.39, 0.29) is 6.61 Å². The molecule has 1 unspecified atom stereocenters. The lowest BCUT2D eigenvalue weighted by molar-refractivity contribution is 0.250. The molecule has 0 aliphatic carbocycles. The average molecular weight is 307 g/mol. The van der Waals surface area contributed by atoms with Crippen molar-refractivity contribution in [3.8, 4) is 0 Å². The molecule has 0 aromatic carbocycles. The molecule has 0 saturated heterocycles. The summed E-state index contributed by atoms with van der Waals surface area (Å²) < 4.78 is 3.08. The van der Waals surface area contributed by atoms with Gasteiger partial charge in [-0.15, -0.1) is 0 Å². The van der Waals surface area contributed by atoms with Crippen LogP contribution in [0.2, 0.25) is 0 Å². The molecule has 0 amide bonds. The first kappa shape index (κ1) is 14.1. The van der Waals surface area contributed by atoms with E-state index >= 15 is 0 Å². The second-order valence-corrected chi connectivity index (χ2v) is 5.81. The van der Waals surface area contributed by atoms with E-state index in [9.17, 15) is 0 Å². The number of aliphatic hydroxyl groups excluding tert-OH is 1. The zero-order valence-corrected chi connectivity index (χ0v) is 12.4. The van der Waals surface area contributed by atoms with Gasteiger partial charge in [0.15, 0.2) is 0 Å². The number of halogens is 1. The van der Waals surface area contributed by atoms with Crippen molar-refractivity contribution >= 4 is 27.7 Å². The highest BCUT2D eigenvalue weighted by Crippen LogP contribution is 2.25. The molecule has 0 aliphatic rings. The lowest BCUT2D eigenvalue weighted by atomic mass is 10.2. The Labute approximate surface area is 110 Å². The largest absolute Gasteiger partial charge is 0.396 e. The van der Waals surface area contributed by atoms with Crippen molar-refractivity contribution in [2.24, 2.45) is 13.0 Å². The summed E-state index contributed by atoms with van der Waals surface area (Å²) >= 11 is 5.44. The topological polar surface area (TPSA) is 38.0 Å². The normalized spacial score (nSPS) is 13.1. The fourth-order valence-corrected chi connectivity index (χ4v) is 3.48. The number of hydrogen-bond acceptors (Lipinski definition) is 3. The minimum Gasteiger partial charge on any atom is -0.396 e. The summed E-state index contributed by atoms with van der Waals surface area (Å²) in [5.74, 6) is 2.28. The van der Waals surface area contributed by atoms with Gasteiger partial charge in [0.1, 0.15) is 0 Å². The van der Waals surface area contributed by atoms with E-state index in [4.69, 9.17) is 5.11 Å². The van der Waals surface area contributed by atoms with Gasteiger partial charge in [-0.05, 0) is 34.0 Å². The summed E-state index contributed by atoms with van der Waals surface area (Å²) in [6.07, 6.45) is 0.951. The molecule has 92 valence electrons. The zero-order valence-electron chi connectivity index (χ0n) is 10.0. The number of nitrogens with zero attached hydrogens (tertiary/aromatic N) is 2. The van der Waals surface area contributed by atoms with E-state index in [1.54, 1.807) is 0 Å². The zero-order chi connectivity index (χ0) is 12.1. The maximum atomic E-state index is 8.94. The molecule has 1 aromatic rings. The summed E-state index contributed by atoms with van der Waals surface area (Å²) in [5.41, 5.74) is 2.35. The second kappa shape index (κ2) is 6.67. The van der Waals surface area contributed by atoms with Gasteiger partial charge in [0, 0.05) is 19.4 Å². The third-order valence-electron chi connectivity index (χ3n) is 2.46. The summed E-state index contributed by atoms with van der Waals surface area (Å²) in [7, 11) is 1.98. The Balaban J connectivity index is 2.56. The molecule has 3 nitrogen and oxygen atoms in total. The predicted octanol–water partition coefficient (Wildman–Crippen LogP) is 2.61. The quantitative estimate of drug-likeness (QED) is 0.878. The monoisotopic (exact) mass is 306 g/mol. The van der Waals surface area contributed by atoms with Gasteiger partial charge in [-0.2, -0.15) is 16.9 Å². The fourth-order valence-electron chi connectivity index (χ4n) is 1.39. The molecule has 0 fully saturated rings. The second-order valence-electron chi connectivity index (χ2n) is 3.99. The van der Waals surface area contributed by atoms with Gasteiger partial charge in [-0.1, -0.05) is 13.8 Å². The molecule has 1 rings (SSSR count). The number of aliphatic hydroxyl groups is 1. The van der Waals surface area contributed by atoms with Crippen molar-refractivity contribution in [1.29, 1.82) is 0 Å². The molecule has 0 spiro atoms. The number of hydrogen-bond donors (Lipinski definition) is 1. The third kappa shape index (κ3) is 3.50. The molecule has 1 aromatic heterocycles. The van der Waals surface area contributed by atoms with Crippen LogP contribution in [0.5, 0.6) is 0 Å². The number of thioether (sulfide) groups is 1. The van der Waals surface area contributed by atoms with Crippen molar-refractivity contribution in [3.05, 3.63) is 15.9 Å². The molecule has 0 aliphatic heterocycles. The van der Waals surface area contributed by atoms with E-state index < -0.39 is 0 Å². The summed E-state index contributed by atoms with van der Waals surface area (Å²) in [6.45, 7) is 4.43. The molecule has 16 heavy (non-hydrogen) atoms. The summed E-state index contributed by atoms with van der Waals surface area (Å²) in [6, 6.07) is 0. The Kier molecular flexibility index (Phi) is 5.86. The highest BCUT2D eigenvalue weighted by atomic mass is 79.9. The lowest BCUT2D eigenvalue weighted by Gasteiger charge is -2.07. The van der Waals surface area contributed by atoms with Crippen LogP contribution in [0.4, 0.5) is 0 Å². The van der Waals surface area contributed by atoms with Gasteiger partial charge < -0.3 is 5.11 Å². The van der Waals surface area contributed by atoms with Gasteiger partial charge in [0.2, 0.25) is 0 Å². The van der Waals surface area contributed by atoms with Crippen LogP contribution in [0.15, 0.2) is 4.47 Å². The van der Waals surface area contributed by atoms with Crippen LogP contribution in [-0.2, 0) is 19.2 Å².